The number of H-pyrrole nitrogens is 1. The summed E-state index contributed by atoms with van der Waals surface area (Å²) in [5.41, 5.74) is 1.54. The molecule has 0 saturated heterocycles. The molecule has 0 unspecified atom stereocenters. The summed E-state index contributed by atoms with van der Waals surface area (Å²) in [6.45, 7) is 0. The third-order valence-electron chi connectivity index (χ3n) is 3.32. The molecule has 0 saturated carbocycles. The molecule has 0 amide bonds. The van der Waals surface area contributed by atoms with Gasteiger partial charge in [-0.15, -0.1) is 0 Å². The Bertz CT molecular complexity index is 895. The van der Waals surface area contributed by atoms with Gasteiger partial charge in [0.15, 0.2) is 0 Å². The number of fused-ring (bicyclic) bond motifs is 1. The van der Waals surface area contributed by atoms with E-state index in [1.807, 2.05) is 42.3 Å². The summed E-state index contributed by atoms with van der Waals surface area (Å²) in [7, 11) is 1.90. The van der Waals surface area contributed by atoms with Gasteiger partial charge in [-0.3, -0.25) is 9.78 Å². The summed E-state index contributed by atoms with van der Waals surface area (Å²) in [5.74, 6) is 1.12. The zero-order valence-corrected chi connectivity index (χ0v) is 14.0. The fourth-order valence-corrected chi connectivity index (χ4v) is 3.08. The SMILES string of the molecule is CN(C(=S)SCc1nc2ccccc2c(=O)[nH]1)c1ccncc1. The summed E-state index contributed by atoms with van der Waals surface area (Å²) in [5, 5.41) is 0.595. The Labute approximate surface area is 142 Å². The average molecular weight is 342 g/mol. The van der Waals surface area contributed by atoms with Crippen LogP contribution in [0.4, 0.5) is 5.69 Å². The summed E-state index contributed by atoms with van der Waals surface area (Å²) >= 11 is 6.89. The molecule has 2 heterocycles. The van der Waals surface area contributed by atoms with Gasteiger partial charge in [0, 0.05) is 25.1 Å². The van der Waals surface area contributed by atoms with E-state index in [4.69, 9.17) is 12.2 Å². The van der Waals surface area contributed by atoms with Crippen molar-refractivity contribution in [3.8, 4) is 0 Å². The molecule has 23 heavy (non-hydrogen) atoms. The van der Waals surface area contributed by atoms with Gasteiger partial charge in [-0.2, -0.15) is 0 Å². The van der Waals surface area contributed by atoms with Gasteiger partial charge in [-0.25, -0.2) is 4.98 Å². The maximum Gasteiger partial charge on any atom is 0.258 e. The van der Waals surface area contributed by atoms with E-state index < -0.39 is 0 Å². The molecule has 1 aromatic carbocycles. The van der Waals surface area contributed by atoms with E-state index in [0.717, 1.165) is 5.69 Å². The number of hydrogen-bond donors (Lipinski definition) is 1. The summed E-state index contributed by atoms with van der Waals surface area (Å²) in [6, 6.07) is 11.1. The number of hydrogen-bond acceptors (Lipinski definition) is 5. The Balaban J connectivity index is 1.73. The maximum absolute atomic E-state index is 12.0. The molecule has 1 N–H and O–H groups in total. The van der Waals surface area contributed by atoms with Crippen LogP contribution in [-0.4, -0.2) is 26.3 Å². The predicted molar refractivity (Wildman–Crippen MR) is 98.9 cm³/mol. The molecule has 0 spiro atoms. The van der Waals surface area contributed by atoms with Crippen molar-refractivity contribution in [2.45, 2.75) is 5.75 Å². The third-order valence-corrected chi connectivity index (χ3v) is 4.88. The first kappa shape index (κ1) is 15.6. The van der Waals surface area contributed by atoms with E-state index in [-0.39, 0.29) is 5.56 Å². The molecule has 0 aliphatic rings. The predicted octanol–water partition coefficient (Wildman–Crippen LogP) is 2.97. The van der Waals surface area contributed by atoms with Crippen molar-refractivity contribution < 1.29 is 0 Å². The second-order valence-corrected chi connectivity index (χ2v) is 6.46. The minimum Gasteiger partial charge on any atom is -0.330 e. The van der Waals surface area contributed by atoms with E-state index in [2.05, 4.69) is 15.0 Å². The molecule has 0 bridgehead atoms. The van der Waals surface area contributed by atoms with Crippen LogP contribution in [0.2, 0.25) is 0 Å². The number of thiocarbonyl (C=S) groups is 1. The molecule has 0 aliphatic carbocycles. The van der Waals surface area contributed by atoms with Gasteiger partial charge in [-0.1, -0.05) is 36.1 Å². The second-order valence-electron chi connectivity index (χ2n) is 4.85. The number of nitrogens with zero attached hydrogens (tertiary/aromatic N) is 3. The standard InChI is InChI=1S/C16H14N4OS2/c1-20(11-6-8-17-9-7-11)16(22)23-10-14-18-13-5-3-2-4-12(13)15(21)19-14/h2-9H,10H2,1H3,(H,18,19,21). The number of aromatic nitrogens is 3. The molecule has 5 nitrogen and oxygen atoms in total. The summed E-state index contributed by atoms with van der Waals surface area (Å²) < 4.78 is 0.701. The number of rotatable bonds is 3. The first-order chi connectivity index (χ1) is 11.1. The lowest BCUT2D eigenvalue weighted by Crippen LogP contribution is -2.22. The molecule has 3 aromatic rings. The number of pyridine rings is 1. The normalized spacial score (nSPS) is 10.7. The zero-order chi connectivity index (χ0) is 16.2. The lowest BCUT2D eigenvalue weighted by molar-refractivity contribution is 1.04. The molecular weight excluding hydrogens is 328 g/mol. The minimum atomic E-state index is -0.125. The smallest absolute Gasteiger partial charge is 0.258 e. The number of anilines is 1. The highest BCUT2D eigenvalue weighted by Crippen LogP contribution is 2.19. The Hall–Kier alpha value is -2.25. The van der Waals surface area contributed by atoms with Crippen LogP contribution in [0.25, 0.3) is 10.9 Å². The fraction of sp³-hybridized carbons (Fsp3) is 0.125. The second kappa shape index (κ2) is 6.89. The molecule has 2 aromatic heterocycles. The fourth-order valence-electron chi connectivity index (χ4n) is 2.10. The van der Waals surface area contributed by atoms with E-state index in [1.165, 1.54) is 11.8 Å². The maximum atomic E-state index is 12.0. The van der Waals surface area contributed by atoms with Crippen molar-refractivity contribution in [1.29, 1.82) is 0 Å². The molecule has 116 valence electrons. The van der Waals surface area contributed by atoms with Crippen LogP contribution < -0.4 is 10.5 Å². The lowest BCUT2D eigenvalue weighted by Gasteiger charge is -2.19. The van der Waals surface area contributed by atoms with Gasteiger partial charge in [0.25, 0.3) is 5.56 Å². The van der Waals surface area contributed by atoms with Gasteiger partial charge in [0.05, 0.1) is 16.7 Å². The Morgan fingerprint density at radius 2 is 2.00 bits per heavy atom. The van der Waals surface area contributed by atoms with Crippen LogP contribution in [0.3, 0.4) is 0 Å². The van der Waals surface area contributed by atoms with E-state index in [9.17, 15) is 4.79 Å². The number of aromatic amines is 1. The molecule has 0 radical (unpaired) electrons. The quantitative estimate of drug-likeness (QED) is 0.739. The van der Waals surface area contributed by atoms with Crippen molar-refractivity contribution in [3.05, 3.63) is 65.0 Å². The number of thioether (sulfide) groups is 1. The molecule has 0 atom stereocenters. The van der Waals surface area contributed by atoms with Gasteiger partial charge < -0.3 is 9.88 Å². The Kier molecular flexibility index (Phi) is 4.68. The molecule has 7 heteroatoms. The van der Waals surface area contributed by atoms with Gasteiger partial charge in [0.2, 0.25) is 0 Å². The summed E-state index contributed by atoms with van der Waals surface area (Å²) in [4.78, 5) is 25.2. The zero-order valence-electron chi connectivity index (χ0n) is 12.4. The first-order valence-corrected chi connectivity index (χ1v) is 8.33. The first-order valence-electron chi connectivity index (χ1n) is 6.93. The van der Waals surface area contributed by atoms with Crippen LogP contribution in [0.1, 0.15) is 5.82 Å². The highest BCUT2D eigenvalue weighted by atomic mass is 32.2. The lowest BCUT2D eigenvalue weighted by atomic mass is 10.2. The van der Waals surface area contributed by atoms with Crippen LogP contribution in [0.5, 0.6) is 0 Å². The van der Waals surface area contributed by atoms with Crippen LogP contribution in [0.15, 0.2) is 53.6 Å². The molecule has 3 rings (SSSR count). The molecule has 0 aliphatic heterocycles. The van der Waals surface area contributed by atoms with Crippen molar-refractivity contribution in [3.63, 3.8) is 0 Å². The van der Waals surface area contributed by atoms with E-state index in [1.54, 1.807) is 18.5 Å². The van der Waals surface area contributed by atoms with Crippen molar-refractivity contribution in [1.82, 2.24) is 15.0 Å². The average Bonchev–Trinajstić information content (AvgIpc) is 2.60. The van der Waals surface area contributed by atoms with Crippen molar-refractivity contribution >= 4 is 44.9 Å². The Morgan fingerprint density at radius 3 is 2.78 bits per heavy atom. The summed E-state index contributed by atoms with van der Waals surface area (Å²) in [6.07, 6.45) is 3.45. The number of benzene rings is 1. The van der Waals surface area contributed by atoms with Crippen LogP contribution in [0, 0.1) is 0 Å². The Morgan fingerprint density at radius 1 is 1.26 bits per heavy atom. The van der Waals surface area contributed by atoms with Crippen LogP contribution >= 0.6 is 24.0 Å². The number of nitrogens with one attached hydrogen (secondary N) is 1. The highest BCUT2D eigenvalue weighted by molar-refractivity contribution is 8.22. The minimum absolute atomic E-state index is 0.125. The topological polar surface area (TPSA) is 61.9 Å². The number of para-hydroxylation sites is 1. The third kappa shape index (κ3) is 3.57. The van der Waals surface area contributed by atoms with Gasteiger partial charge >= 0.3 is 0 Å². The van der Waals surface area contributed by atoms with E-state index >= 15 is 0 Å². The monoisotopic (exact) mass is 342 g/mol. The van der Waals surface area contributed by atoms with Crippen molar-refractivity contribution in [2.75, 3.05) is 11.9 Å². The van der Waals surface area contributed by atoms with Crippen LogP contribution in [-0.2, 0) is 5.75 Å². The molecule has 0 fully saturated rings. The highest BCUT2D eigenvalue weighted by Gasteiger charge is 2.09. The van der Waals surface area contributed by atoms with Gasteiger partial charge in [0.1, 0.15) is 10.1 Å². The van der Waals surface area contributed by atoms with Gasteiger partial charge in [-0.05, 0) is 24.3 Å². The van der Waals surface area contributed by atoms with E-state index in [0.29, 0.717) is 26.8 Å². The molecular formula is C16H14N4OS2. The largest absolute Gasteiger partial charge is 0.330 e. The van der Waals surface area contributed by atoms with Crippen molar-refractivity contribution in [2.24, 2.45) is 0 Å².